The van der Waals surface area contributed by atoms with Crippen molar-refractivity contribution in [3.05, 3.63) is 35.5 Å². The molecule has 1 aliphatic rings. The molecule has 1 aliphatic carbocycles. The van der Waals surface area contributed by atoms with E-state index in [2.05, 4.69) is 38.6 Å². The van der Waals surface area contributed by atoms with Crippen LogP contribution in [-0.2, 0) is 23.5 Å². The lowest BCUT2D eigenvalue weighted by molar-refractivity contribution is -0.135. The molecule has 0 aromatic carbocycles. The molecule has 0 amide bonds. The highest BCUT2D eigenvalue weighted by atomic mass is 28.4. The standard InChI is InChI=1S/C20H32O5Si/c1-20(2,3)26(6,7)25-17-10-8-9-15(11-13-18(21)23-4)16(17)12-14-19(22)24-5/h11-14,17H,8-10H2,1-7H3/b13-11+,14-12+. The molecule has 0 spiro atoms. The summed E-state index contributed by atoms with van der Waals surface area (Å²) in [7, 11) is 0.722. The molecule has 0 N–H and O–H groups in total. The zero-order valence-electron chi connectivity index (χ0n) is 17.0. The lowest BCUT2D eigenvalue weighted by Gasteiger charge is -2.41. The van der Waals surface area contributed by atoms with Gasteiger partial charge in [0.25, 0.3) is 0 Å². The SMILES string of the molecule is COC(=O)/C=C/C1=C(/C=C/C(=O)OC)C(O[Si](C)(C)C(C)(C)C)CCC1. The van der Waals surface area contributed by atoms with E-state index in [1.165, 1.54) is 26.4 Å². The van der Waals surface area contributed by atoms with Crippen molar-refractivity contribution in [2.45, 2.75) is 64.3 Å². The molecule has 146 valence electrons. The van der Waals surface area contributed by atoms with Crippen molar-refractivity contribution in [2.24, 2.45) is 0 Å². The molecule has 0 heterocycles. The zero-order valence-corrected chi connectivity index (χ0v) is 18.0. The Balaban J connectivity index is 3.25. The van der Waals surface area contributed by atoms with E-state index in [0.717, 1.165) is 30.4 Å². The summed E-state index contributed by atoms with van der Waals surface area (Å²) < 4.78 is 16.0. The first-order chi connectivity index (χ1) is 12.0. The van der Waals surface area contributed by atoms with Crippen molar-refractivity contribution in [3.8, 4) is 0 Å². The molecule has 0 radical (unpaired) electrons. The second-order valence-corrected chi connectivity index (χ2v) is 12.7. The van der Waals surface area contributed by atoms with Gasteiger partial charge in [0.2, 0.25) is 0 Å². The average molecular weight is 381 g/mol. The van der Waals surface area contributed by atoms with E-state index in [4.69, 9.17) is 9.16 Å². The summed E-state index contributed by atoms with van der Waals surface area (Å²) in [6.07, 6.45) is 8.95. The number of hydrogen-bond donors (Lipinski definition) is 0. The molecule has 0 fully saturated rings. The highest BCUT2D eigenvalue weighted by molar-refractivity contribution is 6.74. The molecule has 5 nitrogen and oxygen atoms in total. The van der Waals surface area contributed by atoms with Crippen LogP contribution < -0.4 is 0 Å². The van der Waals surface area contributed by atoms with Gasteiger partial charge in [-0.3, -0.25) is 0 Å². The maximum absolute atomic E-state index is 11.6. The normalized spacial score (nSPS) is 19.3. The molecule has 1 unspecified atom stereocenters. The third kappa shape index (κ3) is 6.25. The molecule has 0 saturated carbocycles. The molecule has 0 aromatic heterocycles. The monoisotopic (exact) mass is 380 g/mol. The number of esters is 2. The maximum atomic E-state index is 11.6. The summed E-state index contributed by atoms with van der Waals surface area (Å²) in [6, 6.07) is 0. The van der Waals surface area contributed by atoms with Crippen LogP contribution in [0.15, 0.2) is 35.5 Å². The van der Waals surface area contributed by atoms with Crippen LogP contribution in [-0.4, -0.2) is 40.6 Å². The number of allylic oxidation sites excluding steroid dienone is 2. The first-order valence-electron chi connectivity index (χ1n) is 8.94. The summed E-state index contributed by atoms with van der Waals surface area (Å²) in [5.41, 5.74) is 1.93. The Morgan fingerprint density at radius 3 is 2.08 bits per heavy atom. The average Bonchev–Trinajstić information content (AvgIpc) is 2.56. The van der Waals surface area contributed by atoms with E-state index in [1.807, 2.05) is 0 Å². The lowest BCUT2D eigenvalue weighted by Crippen LogP contribution is -2.44. The Morgan fingerprint density at radius 2 is 1.58 bits per heavy atom. The predicted molar refractivity (Wildman–Crippen MR) is 105 cm³/mol. The third-order valence-corrected chi connectivity index (χ3v) is 9.58. The zero-order chi connectivity index (χ0) is 20.0. The van der Waals surface area contributed by atoms with Crippen molar-refractivity contribution in [1.29, 1.82) is 0 Å². The Kier molecular flexibility index (Phi) is 8.03. The fraction of sp³-hybridized carbons (Fsp3) is 0.600. The molecule has 0 saturated heterocycles. The second-order valence-electron chi connectivity index (χ2n) is 7.95. The lowest BCUT2D eigenvalue weighted by atomic mass is 9.89. The highest BCUT2D eigenvalue weighted by Gasteiger charge is 2.40. The van der Waals surface area contributed by atoms with Crippen LogP contribution in [0.5, 0.6) is 0 Å². The van der Waals surface area contributed by atoms with E-state index >= 15 is 0 Å². The number of hydrogen-bond acceptors (Lipinski definition) is 5. The van der Waals surface area contributed by atoms with E-state index in [9.17, 15) is 9.59 Å². The molecule has 1 rings (SSSR count). The first kappa shape index (κ1) is 22.4. The molecule has 26 heavy (non-hydrogen) atoms. The van der Waals surface area contributed by atoms with Crippen molar-refractivity contribution in [2.75, 3.05) is 14.2 Å². The van der Waals surface area contributed by atoms with E-state index < -0.39 is 20.3 Å². The van der Waals surface area contributed by atoms with E-state index in [0.29, 0.717) is 0 Å². The number of carbonyl (C=O) groups is 2. The number of carbonyl (C=O) groups excluding carboxylic acids is 2. The summed E-state index contributed by atoms with van der Waals surface area (Å²) in [5.74, 6) is -0.813. The van der Waals surface area contributed by atoms with E-state index in [-0.39, 0.29) is 11.1 Å². The van der Waals surface area contributed by atoms with Crippen LogP contribution in [0.25, 0.3) is 0 Å². The van der Waals surface area contributed by atoms with Crippen LogP contribution >= 0.6 is 0 Å². The number of ether oxygens (including phenoxy) is 2. The van der Waals surface area contributed by atoms with Gasteiger partial charge in [-0.15, -0.1) is 0 Å². The fourth-order valence-corrected chi connectivity index (χ4v) is 3.81. The molecular formula is C20H32O5Si. The molecule has 0 bridgehead atoms. The Labute approximate surface area is 158 Å². The van der Waals surface area contributed by atoms with Gasteiger partial charge in [0.1, 0.15) is 0 Å². The minimum absolute atomic E-state index is 0.0869. The molecule has 1 atom stereocenters. The van der Waals surface area contributed by atoms with Gasteiger partial charge in [0.15, 0.2) is 8.32 Å². The highest BCUT2D eigenvalue weighted by Crippen LogP contribution is 2.40. The van der Waals surface area contributed by atoms with Crippen LogP contribution in [0.1, 0.15) is 40.0 Å². The number of rotatable bonds is 6. The van der Waals surface area contributed by atoms with Crippen molar-refractivity contribution in [3.63, 3.8) is 0 Å². The smallest absolute Gasteiger partial charge is 0.330 e. The van der Waals surface area contributed by atoms with Gasteiger partial charge in [-0.2, -0.15) is 0 Å². The fourth-order valence-electron chi connectivity index (χ4n) is 2.50. The van der Waals surface area contributed by atoms with Gasteiger partial charge in [-0.05, 0) is 54.6 Å². The minimum atomic E-state index is -1.98. The third-order valence-electron chi connectivity index (χ3n) is 5.10. The van der Waals surface area contributed by atoms with E-state index in [1.54, 1.807) is 12.2 Å². The van der Waals surface area contributed by atoms with Crippen LogP contribution in [0.4, 0.5) is 0 Å². The maximum Gasteiger partial charge on any atom is 0.330 e. The predicted octanol–water partition coefficient (Wildman–Crippen LogP) is 4.32. The van der Waals surface area contributed by atoms with Crippen molar-refractivity contribution >= 4 is 20.3 Å². The van der Waals surface area contributed by atoms with Crippen molar-refractivity contribution < 1.29 is 23.5 Å². The van der Waals surface area contributed by atoms with Gasteiger partial charge >= 0.3 is 11.9 Å². The quantitative estimate of drug-likeness (QED) is 0.390. The first-order valence-corrected chi connectivity index (χ1v) is 11.9. The molecule has 0 aromatic rings. The summed E-state index contributed by atoms with van der Waals surface area (Å²) in [5, 5.41) is 0.0869. The van der Waals surface area contributed by atoms with Gasteiger partial charge < -0.3 is 13.9 Å². The molecule has 0 aliphatic heterocycles. The summed E-state index contributed by atoms with van der Waals surface area (Å²) in [6.45, 7) is 11.0. The Morgan fingerprint density at radius 1 is 1.04 bits per heavy atom. The van der Waals surface area contributed by atoms with Crippen molar-refractivity contribution in [1.82, 2.24) is 0 Å². The molecular weight excluding hydrogens is 348 g/mol. The van der Waals surface area contributed by atoms with Crippen LogP contribution in [0.2, 0.25) is 18.1 Å². The second kappa shape index (κ2) is 9.32. The van der Waals surface area contributed by atoms with Crippen LogP contribution in [0, 0.1) is 0 Å². The summed E-state index contributed by atoms with van der Waals surface area (Å²) in [4.78, 5) is 23.0. The number of methoxy groups -OCH3 is 2. The van der Waals surface area contributed by atoms with Gasteiger partial charge in [-0.1, -0.05) is 26.8 Å². The minimum Gasteiger partial charge on any atom is -0.466 e. The Hall–Kier alpha value is -1.66. The summed E-state index contributed by atoms with van der Waals surface area (Å²) >= 11 is 0. The van der Waals surface area contributed by atoms with Gasteiger partial charge in [-0.25, -0.2) is 9.59 Å². The van der Waals surface area contributed by atoms with Gasteiger partial charge in [0, 0.05) is 12.2 Å². The molecule has 6 heteroatoms. The van der Waals surface area contributed by atoms with Gasteiger partial charge in [0.05, 0.1) is 20.3 Å². The largest absolute Gasteiger partial charge is 0.466 e. The Bertz CT molecular complexity index is 608. The van der Waals surface area contributed by atoms with Crippen LogP contribution in [0.3, 0.4) is 0 Å². The topological polar surface area (TPSA) is 61.8 Å².